The minimum Gasteiger partial charge on any atom is -0.365 e. The number of hydrogen-bond acceptors (Lipinski definition) is 4. The second-order valence-electron chi connectivity index (χ2n) is 2.89. The Morgan fingerprint density at radius 3 is 2.86 bits per heavy atom. The van der Waals surface area contributed by atoms with E-state index in [2.05, 4.69) is 32.7 Å². The SMILES string of the molecule is Cc1cccc(-c2nc(N)no2)c1I. The van der Waals surface area contributed by atoms with Gasteiger partial charge in [0.25, 0.3) is 11.8 Å². The highest BCUT2D eigenvalue weighted by Crippen LogP contribution is 2.26. The molecule has 2 N–H and O–H groups in total. The predicted molar refractivity (Wildman–Crippen MR) is 61.6 cm³/mol. The molecule has 0 bridgehead atoms. The van der Waals surface area contributed by atoms with Crippen LogP contribution in [-0.4, -0.2) is 10.1 Å². The summed E-state index contributed by atoms with van der Waals surface area (Å²) in [6.07, 6.45) is 0. The zero-order valence-corrected chi connectivity index (χ0v) is 9.65. The molecule has 4 nitrogen and oxygen atoms in total. The number of nitrogens with two attached hydrogens (primary N) is 1. The van der Waals surface area contributed by atoms with E-state index in [9.17, 15) is 0 Å². The number of anilines is 1. The molecule has 0 saturated carbocycles. The molecule has 0 aliphatic rings. The number of benzene rings is 1. The molecule has 0 radical (unpaired) electrons. The Hall–Kier alpha value is -1.11. The zero-order chi connectivity index (χ0) is 10.1. The largest absolute Gasteiger partial charge is 0.365 e. The van der Waals surface area contributed by atoms with Crippen LogP contribution in [-0.2, 0) is 0 Å². The molecule has 0 spiro atoms. The van der Waals surface area contributed by atoms with Gasteiger partial charge in [-0.15, -0.1) is 0 Å². The molecular weight excluding hydrogens is 293 g/mol. The van der Waals surface area contributed by atoms with Crippen LogP contribution < -0.4 is 5.73 Å². The predicted octanol–water partition coefficient (Wildman–Crippen LogP) is 2.23. The van der Waals surface area contributed by atoms with Gasteiger partial charge >= 0.3 is 0 Å². The second kappa shape index (κ2) is 3.56. The van der Waals surface area contributed by atoms with E-state index in [4.69, 9.17) is 10.3 Å². The van der Waals surface area contributed by atoms with E-state index in [1.807, 2.05) is 25.1 Å². The average Bonchev–Trinajstić information content (AvgIpc) is 2.57. The lowest BCUT2D eigenvalue weighted by Gasteiger charge is -2.01. The lowest BCUT2D eigenvalue weighted by Crippen LogP contribution is -1.88. The number of rotatable bonds is 1. The second-order valence-corrected chi connectivity index (χ2v) is 3.97. The quantitative estimate of drug-likeness (QED) is 0.820. The van der Waals surface area contributed by atoms with Gasteiger partial charge in [0.2, 0.25) is 0 Å². The van der Waals surface area contributed by atoms with Crippen molar-refractivity contribution < 1.29 is 4.52 Å². The van der Waals surface area contributed by atoms with Crippen LogP contribution in [0.5, 0.6) is 0 Å². The van der Waals surface area contributed by atoms with Crippen LogP contribution in [0.25, 0.3) is 11.5 Å². The summed E-state index contributed by atoms with van der Waals surface area (Å²) in [6, 6.07) is 5.92. The fourth-order valence-corrected chi connectivity index (χ4v) is 1.75. The van der Waals surface area contributed by atoms with Gasteiger partial charge in [0, 0.05) is 3.57 Å². The monoisotopic (exact) mass is 301 g/mol. The lowest BCUT2D eigenvalue weighted by molar-refractivity contribution is 0.433. The third-order valence-corrected chi connectivity index (χ3v) is 3.30. The van der Waals surface area contributed by atoms with E-state index in [0.29, 0.717) is 5.89 Å². The Morgan fingerprint density at radius 2 is 2.21 bits per heavy atom. The van der Waals surface area contributed by atoms with Crippen LogP contribution in [0.4, 0.5) is 5.95 Å². The molecule has 1 heterocycles. The van der Waals surface area contributed by atoms with Crippen molar-refractivity contribution in [3.8, 4) is 11.5 Å². The number of aryl methyl sites for hydroxylation is 1. The van der Waals surface area contributed by atoms with Crippen molar-refractivity contribution in [2.24, 2.45) is 0 Å². The standard InChI is InChI=1S/C9H8IN3O/c1-5-3-2-4-6(7(5)10)8-12-9(11)13-14-8/h2-4H,1H3,(H2,11,13). The average molecular weight is 301 g/mol. The molecule has 1 aromatic heterocycles. The smallest absolute Gasteiger partial charge is 0.261 e. The third kappa shape index (κ3) is 1.59. The third-order valence-electron chi connectivity index (χ3n) is 1.86. The molecule has 0 aliphatic carbocycles. The van der Waals surface area contributed by atoms with Gasteiger partial charge < -0.3 is 10.3 Å². The van der Waals surface area contributed by atoms with Gasteiger partial charge in [0.1, 0.15) is 0 Å². The fourth-order valence-electron chi connectivity index (χ4n) is 1.16. The Kier molecular flexibility index (Phi) is 2.40. The molecule has 5 heteroatoms. The van der Waals surface area contributed by atoms with Crippen LogP contribution >= 0.6 is 22.6 Å². The first kappa shape index (κ1) is 9.45. The summed E-state index contributed by atoms with van der Waals surface area (Å²) in [6.45, 7) is 2.03. The molecule has 1 aromatic carbocycles. The minimum absolute atomic E-state index is 0.164. The van der Waals surface area contributed by atoms with Crippen molar-refractivity contribution in [3.05, 3.63) is 27.3 Å². The van der Waals surface area contributed by atoms with E-state index in [1.165, 1.54) is 5.56 Å². The Bertz CT molecular complexity index is 467. The van der Waals surface area contributed by atoms with Crippen molar-refractivity contribution >= 4 is 28.5 Å². The number of nitrogen functional groups attached to an aromatic ring is 1. The van der Waals surface area contributed by atoms with Crippen LogP contribution in [0.3, 0.4) is 0 Å². The molecule has 0 unspecified atom stereocenters. The molecule has 0 aliphatic heterocycles. The maximum Gasteiger partial charge on any atom is 0.261 e. The minimum atomic E-state index is 0.164. The summed E-state index contributed by atoms with van der Waals surface area (Å²) in [5, 5.41) is 3.55. The summed E-state index contributed by atoms with van der Waals surface area (Å²) in [4.78, 5) is 3.98. The summed E-state index contributed by atoms with van der Waals surface area (Å²) in [5.41, 5.74) is 7.49. The summed E-state index contributed by atoms with van der Waals surface area (Å²) in [7, 11) is 0. The van der Waals surface area contributed by atoms with Crippen LogP contribution in [0.1, 0.15) is 5.56 Å². The highest BCUT2D eigenvalue weighted by atomic mass is 127. The van der Waals surface area contributed by atoms with E-state index in [0.717, 1.165) is 9.13 Å². The van der Waals surface area contributed by atoms with Gasteiger partial charge in [-0.05, 0) is 46.3 Å². The van der Waals surface area contributed by atoms with Crippen molar-refractivity contribution in [1.82, 2.24) is 10.1 Å². The van der Waals surface area contributed by atoms with Crippen LogP contribution in [0, 0.1) is 10.5 Å². The normalized spacial score (nSPS) is 10.4. The van der Waals surface area contributed by atoms with Crippen molar-refractivity contribution in [3.63, 3.8) is 0 Å². The van der Waals surface area contributed by atoms with Gasteiger partial charge in [-0.2, -0.15) is 4.98 Å². The first-order chi connectivity index (χ1) is 6.68. The first-order valence-electron chi connectivity index (χ1n) is 4.03. The molecule has 2 aromatic rings. The maximum absolute atomic E-state index is 5.39. The molecular formula is C9H8IN3O. The Balaban J connectivity index is 2.57. The molecule has 72 valence electrons. The van der Waals surface area contributed by atoms with Gasteiger partial charge in [0.15, 0.2) is 0 Å². The topological polar surface area (TPSA) is 64.9 Å². The van der Waals surface area contributed by atoms with Crippen molar-refractivity contribution in [2.45, 2.75) is 6.92 Å². The van der Waals surface area contributed by atoms with Gasteiger partial charge in [-0.25, -0.2) is 0 Å². The first-order valence-corrected chi connectivity index (χ1v) is 5.11. The Morgan fingerprint density at radius 1 is 1.43 bits per heavy atom. The maximum atomic E-state index is 5.39. The van der Waals surface area contributed by atoms with Crippen LogP contribution in [0.15, 0.2) is 22.7 Å². The number of aromatic nitrogens is 2. The highest BCUT2D eigenvalue weighted by molar-refractivity contribution is 14.1. The van der Waals surface area contributed by atoms with Gasteiger partial charge in [0.05, 0.1) is 5.56 Å². The summed E-state index contributed by atoms with van der Waals surface area (Å²) in [5.74, 6) is 0.632. The highest BCUT2D eigenvalue weighted by Gasteiger charge is 2.11. The van der Waals surface area contributed by atoms with Crippen LogP contribution in [0.2, 0.25) is 0 Å². The van der Waals surface area contributed by atoms with Gasteiger partial charge in [-0.3, -0.25) is 0 Å². The molecule has 0 atom stereocenters. The number of nitrogens with zero attached hydrogens (tertiary/aromatic N) is 2. The fraction of sp³-hybridized carbons (Fsp3) is 0.111. The molecule has 0 amide bonds. The molecule has 14 heavy (non-hydrogen) atoms. The summed E-state index contributed by atoms with van der Waals surface area (Å²) >= 11 is 2.25. The zero-order valence-electron chi connectivity index (χ0n) is 7.49. The van der Waals surface area contributed by atoms with E-state index in [-0.39, 0.29) is 5.95 Å². The van der Waals surface area contributed by atoms with Crippen molar-refractivity contribution in [1.29, 1.82) is 0 Å². The molecule has 0 fully saturated rings. The number of halogens is 1. The van der Waals surface area contributed by atoms with E-state index in [1.54, 1.807) is 0 Å². The van der Waals surface area contributed by atoms with Gasteiger partial charge in [-0.1, -0.05) is 12.1 Å². The summed E-state index contributed by atoms with van der Waals surface area (Å²) < 4.78 is 6.10. The molecule has 0 saturated heterocycles. The number of hydrogen-bond donors (Lipinski definition) is 1. The lowest BCUT2D eigenvalue weighted by atomic mass is 10.1. The van der Waals surface area contributed by atoms with Crippen molar-refractivity contribution in [2.75, 3.05) is 5.73 Å². The Labute approximate surface area is 94.6 Å². The van der Waals surface area contributed by atoms with E-state index < -0.39 is 0 Å². The molecule has 2 rings (SSSR count). The van der Waals surface area contributed by atoms with E-state index >= 15 is 0 Å².